The molecule has 0 aliphatic carbocycles. The Kier molecular flexibility index (Phi) is 7.20. The number of ether oxygens (including phenoxy) is 1. The molecule has 35 heavy (non-hydrogen) atoms. The van der Waals surface area contributed by atoms with Gasteiger partial charge in [-0.05, 0) is 54.4 Å². The number of carbonyl (C=O) groups is 2. The average molecular weight is 470 g/mol. The van der Waals surface area contributed by atoms with Crippen LogP contribution in [0.15, 0.2) is 72.9 Å². The molecule has 4 aromatic rings. The van der Waals surface area contributed by atoms with Crippen LogP contribution in [0, 0.1) is 0 Å². The molecule has 1 atom stereocenters. The summed E-state index contributed by atoms with van der Waals surface area (Å²) in [6.45, 7) is 1.95. The molecule has 0 spiro atoms. The van der Waals surface area contributed by atoms with Gasteiger partial charge in [0.1, 0.15) is 5.75 Å². The lowest BCUT2D eigenvalue weighted by molar-refractivity contribution is -0.120. The average Bonchev–Trinajstić information content (AvgIpc) is 3.28. The van der Waals surface area contributed by atoms with Gasteiger partial charge in [-0.15, -0.1) is 0 Å². The van der Waals surface area contributed by atoms with E-state index in [4.69, 9.17) is 4.74 Å². The fourth-order valence-corrected chi connectivity index (χ4v) is 4.38. The fraction of sp³-hybridized carbons (Fsp3) is 0.241. The molecule has 0 unspecified atom stereocenters. The summed E-state index contributed by atoms with van der Waals surface area (Å²) in [6, 6.07) is 21.8. The number of anilines is 1. The zero-order valence-electron chi connectivity index (χ0n) is 20.6. The van der Waals surface area contributed by atoms with Crippen molar-refractivity contribution in [2.75, 3.05) is 32.6 Å². The van der Waals surface area contributed by atoms with Crippen LogP contribution in [0.4, 0.5) is 5.69 Å². The number of rotatable bonds is 9. The van der Waals surface area contributed by atoms with Crippen LogP contribution in [0.1, 0.15) is 39.9 Å². The second-order valence-corrected chi connectivity index (χ2v) is 8.89. The molecule has 6 nitrogen and oxygen atoms in total. The second kappa shape index (κ2) is 10.5. The fourth-order valence-electron chi connectivity index (χ4n) is 4.38. The molecule has 1 heterocycles. The normalized spacial score (nSPS) is 11.8. The minimum Gasteiger partial charge on any atom is -0.496 e. The monoisotopic (exact) mass is 469 g/mol. The molecule has 0 saturated heterocycles. The topological polar surface area (TPSA) is 74.4 Å². The van der Waals surface area contributed by atoms with E-state index in [2.05, 4.69) is 51.6 Å². The first-order valence-corrected chi connectivity index (χ1v) is 11.6. The molecule has 3 aromatic carbocycles. The molecule has 1 amide bonds. The van der Waals surface area contributed by atoms with Crippen molar-refractivity contribution >= 4 is 28.3 Å². The summed E-state index contributed by atoms with van der Waals surface area (Å²) >= 11 is 0. The number of ketones is 1. The summed E-state index contributed by atoms with van der Waals surface area (Å²) in [7, 11) is 5.60. The van der Waals surface area contributed by atoms with Gasteiger partial charge < -0.3 is 19.9 Å². The van der Waals surface area contributed by atoms with Gasteiger partial charge >= 0.3 is 0 Å². The quantitative estimate of drug-likeness (QED) is 0.341. The Balaban J connectivity index is 1.59. The standard InChI is InChI=1S/C29H31N3O3/c1-19(33)21-11-14-28(35-4)22(15-21)16-29(34)31-17-25(20-9-12-23(13-10-20)32(2)3)26-18-30-27-8-6-5-7-24(26)27/h5-15,18,25,30H,16-17H2,1-4H3,(H,31,34)/t25-/m0/s1. The maximum Gasteiger partial charge on any atom is 0.224 e. The van der Waals surface area contributed by atoms with Crippen LogP contribution in [0.2, 0.25) is 0 Å². The van der Waals surface area contributed by atoms with E-state index < -0.39 is 0 Å². The predicted octanol–water partition coefficient (Wildman–Crippen LogP) is 4.94. The van der Waals surface area contributed by atoms with Gasteiger partial charge in [0.15, 0.2) is 5.78 Å². The molecule has 0 aliphatic heterocycles. The molecule has 0 saturated carbocycles. The van der Waals surface area contributed by atoms with Crippen molar-refractivity contribution in [1.82, 2.24) is 10.3 Å². The second-order valence-electron chi connectivity index (χ2n) is 8.89. The van der Waals surface area contributed by atoms with Gasteiger partial charge in [0.2, 0.25) is 5.91 Å². The highest BCUT2D eigenvalue weighted by molar-refractivity contribution is 5.94. The zero-order chi connectivity index (χ0) is 24.9. The summed E-state index contributed by atoms with van der Waals surface area (Å²) in [5.41, 5.74) is 5.69. The summed E-state index contributed by atoms with van der Waals surface area (Å²) < 4.78 is 5.41. The minimum atomic E-state index is -0.126. The number of aromatic nitrogens is 1. The molecule has 0 radical (unpaired) electrons. The number of amides is 1. The van der Waals surface area contributed by atoms with Crippen molar-refractivity contribution in [3.8, 4) is 5.75 Å². The molecule has 0 bridgehead atoms. The number of para-hydroxylation sites is 1. The Morgan fingerprint density at radius 2 is 1.77 bits per heavy atom. The number of carbonyl (C=O) groups excluding carboxylic acids is 2. The number of benzene rings is 3. The number of Topliss-reactive ketones (excluding diaryl/α,β-unsaturated/α-hetero) is 1. The number of H-pyrrole nitrogens is 1. The molecule has 2 N–H and O–H groups in total. The van der Waals surface area contributed by atoms with Crippen molar-refractivity contribution in [2.24, 2.45) is 0 Å². The number of fused-ring (bicyclic) bond motifs is 1. The van der Waals surface area contributed by atoms with Gasteiger partial charge in [-0.3, -0.25) is 9.59 Å². The first kappa shape index (κ1) is 24.1. The van der Waals surface area contributed by atoms with Crippen molar-refractivity contribution in [1.29, 1.82) is 0 Å². The van der Waals surface area contributed by atoms with E-state index in [1.807, 2.05) is 32.4 Å². The van der Waals surface area contributed by atoms with E-state index in [1.165, 1.54) is 6.92 Å². The Hall–Kier alpha value is -4.06. The highest BCUT2D eigenvalue weighted by atomic mass is 16.5. The third kappa shape index (κ3) is 5.38. The van der Waals surface area contributed by atoms with E-state index in [9.17, 15) is 9.59 Å². The summed E-state index contributed by atoms with van der Waals surface area (Å²) in [6.07, 6.45) is 2.16. The van der Waals surface area contributed by atoms with E-state index in [1.54, 1.807) is 25.3 Å². The van der Waals surface area contributed by atoms with Crippen molar-refractivity contribution in [3.05, 3.63) is 95.2 Å². The van der Waals surface area contributed by atoms with E-state index in [0.717, 1.165) is 27.7 Å². The van der Waals surface area contributed by atoms with Crippen LogP contribution in [0.25, 0.3) is 10.9 Å². The molecule has 6 heteroatoms. The van der Waals surface area contributed by atoms with Crippen LogP contribution in [-0.2, 0) is 11.2 Å². The molecular weight excluding hydrogens is 438 g/mol. The smallest absolute Gasteiger partial charge is 0.224 e. The number of hydrogen-bond donors (Lipinski definition) is 2. The van der Waals surface area contributed by atoms with E-state index in [0.29, 0.717) is 23.4 Å². The van der Waals surface area contributed by atoms with E-state index in [-0.39, 0.29) is 24.0 Å². The predicted molar refractivity (Wildman–Crippen MR) is 141 cm³/mol. The first-order valence-electron chi connectivity index (χ1n) is 11.6. The van der Waals surface area contributed by atoms with Gasteiger partial charge in [-0.2, -0.15) is 0 Å². The van der Waals surface area contributed by atoms with Crippen molar-refractivity contribution < 1.29 is 14.3 Å². The third-order valence-electron chi connectivity index (χ3n) is 6.35. The van der Waals surface area contributed by atoms with Gasteiger partial charge in [0.05, 0.1) is 13.5 Å². The van der Waals surface area contributed by atoms with Crippen LogP contribution in [0.3, 0.4) is 0 Å². The van der Waals surface area contributed by atoms with Crippen LogP contribution < -0.4 is 15.0 Å². The Bertz CT molecular complexity index is 1340. The van der Waals surface area contributed by atoms with Gasteiger partial charge in [-0.1, -0.05) is 30.3 Å². The maximum absolute atomic E-state index is 13.0. The highest BCUT2D eigenvalue weighted by Gasteiger charge is 2.20. The van der Waals surface area contributed by atoms with Gasteiger partial charge in [0.25, 0.3) is 0 Å². The molecular formula is C29H31N3O3. The SMILES string of the molecule is COc1ccc(C(C)=O)cc1CC(=O)NC[C@@H](c1ccc(N(C)C)cc1)c1c[nH]c2ccccc12. The number of methoxy groups -OCH3 is 1. The summed E-state index contributed by atoms with van der Waals surface area (Å²) in [5.74, 6) is 0.392. The highest BCUT2D eigenvalue weighted by Crippen LogP contribution is 2.31. The zero-order valence-corrected chi connectivity index (χ0v) is 20.6. The summed E-state index contributed by atoms with van der Waals surface area (Å²) in [4.78, 5) is 30.2. The summed E-state index contributed by atoms with van der Waals surface area (Å²) in [5, 5.41) is 4.25. The molecule has 0 fully saturated rings. The Morgan fingerprint density at radius 1 is 1.03 bits per heavy atom. The molecule has 1 aromatic heterocycles. The van der Waals surface area contributed by atoms with Crippen LogP contribution >= 0.6 is 0 Å². The maximum atomic E-state index is 13.0. The number of nitrogens with one attached hydrogen (secondary N) is 2. The Labute approximate surface area is 205 Å². The minimum absolute atomic E-state index is 0.0308. The lowest BCUT2D eigenvalue weighted by Crippen LogP contribution is -2.30. The molecule has 0 aliphatic rings. The van der Waals surface area contributed by atoms with Crippen molar-refractivity contribution in [2.45, 2.75) is 19.3 Å². The number of aromatic amines is 1. The van der Waals surface area contributed by atoms with E-state index >= 15 is 0 Å². The largest absolute Gasteiger partial charge is 0.496 e. The third-order valence-corrected chi connectivity index (χ3v) is 6.35. The van der Waals surface area contributed by atoms with Gasteiger partial charge in [0, 0.05) is 60.5 Å². The van der Waals surface area contributed by atoms with Gasteiger partial charge in [-0.25, -0.2) is 0 Å². The van der Waals surface area contributed by atoms with Crippen molar-refractivity contribution in [3.63, 3.8) is 0 Å². The lowest BCUT2D eigenvalue weighted by Gasteiger charge is -2.20. The lowest BCUT2D eigenvalue weighted by atomic mass is 9.90. The van der Waals surface area contributed by atoms with Crippen LogP contribution in [-0.4, -0.2) is 44.4 Å². The van der Waals surface area contributed by atoms with Crippen LogP contribution in [0.5, 0.6) is 5.75 Å². The molecule has 4 rings (SSSR count). The number of hydrogen-bond acceptors (Lipinski definition) is 4. The first-order chi connectivity index (χ1) is 16.9. The molecule has 180 valence electrons. The Morgan fingerprint density at radius 3 is 2.46 bits per heavy atom. The number of nitrogens with zero attached hydrogens (tertiary/aromatic N) is 1.